The lowest BCUT2D eigenvalue weighted by molar-refractivity contribution is -0.132. The van der Waals surface area contributed by atoms with Gasteiger partial charge in [0.25, 0.3) is 5.56 Å². The molecule has 0 atom stereocenters. The van der Waals surface area contributed by atoms with Crippen LogP contribution in [0.25, 0.3) is 10.9 Å². The van der Waals surface area contributed by atoms with Gasteiger partial charge in [0, 0.05) is 24.7 Å². The molecule has 2 aromatic rings. The summed E-state index contributed by atoms with van der Waals surface area (Å²) in [5.41, 5.74) is 1.02. The third kappa shape index (κ3) is 4.94. The van der Waals surface area contributed by atoms with Crippen molar-refractivity contribution < 1.29 is 9.53 Å². The van der Waals surface area contributed by atoms with E-state index in [0.29, 0.717) is 30.3 Å². The van der Waals surface area contributed by atoms with Crippen LogP contribution in [0, 0.1) is 5.92 Å². The minimum Gasteiger partial charge on any atom is -0.497 e. The van der Waals surface area contributed by atoms with Crippen LogP contribution in [0.4, 0.5) is 0 Å². The minimum absolute atomic E-state index is 0.0205. The van der Waals surface area contributed by atoms with Gasteiger partial charge in [-0.2, -0.15) is 0 Å². The summed E-state index contributed by atoms with van der Waals surface area (Å²) >= 11 is 0. The molecule has 1 aromatic carbocycles. The molecule has 0 aliphatic rings. The molecule has 5 heteroatoms. The highest BCUT2D eigenvalue weighted by atomic mass is 16.5. The Balaban J connectivity index is 2.61. The van der Waals surface area contributed by atoms with Crippen LogP contribution in [0.15, 0.2) is 29.1 Å². The summed E-state index contributed by atoms with van der Waals surface area (Å²) in [4.78, 5) is 28.3. The molecule has 0 radical (unpaired) electrons. The van der Waals surface area contributed by atoms with Gasteiger partial charge in [0.1, 0.15) is 12.3 Å². The fraction of sp³-hybridized carbons (Fsp3) is 0.565. The molecule has 0 saturated heterocycles. The largest absolute Gasteiger partial charge is 0.497 e. The molecule has 1 aromatic heterocycles. The SMILES string of the molecule is CCCN(CC(C)C)C(=O)Cn1c(=O)c(C(C)(C)C)cc2ccc(OC)cc21. The summed E-state index contributed by atoms with van der Waals surface area (Å²) in [6, 6.07) is 7.61. The molecule has 0 spiro atoms. The van der Waals surface area contributed by atoms with Crippen LogP contribution in [0.2, 0.25) is 0 Å². The molecule has 28 heavy (non-hydrogen) atoms. The second-order valence-electron chi connectivity index (χ2n) is 8.86. The number of nitrogens with zero attached hydrogens (tertiary/aromatic N) is 2. The molecule has 154 valence electrons. The quantitative estimate of drug-likeness (QED) is 0.716. The average molecular weight is 387 g/mol. The Morgan fingerprint density at radius 1 is 1.21 bits per heavy atom. The molecule has 0 fully saturated rings. The number of rotatable bonds is 7. The lowest BCUT2D eigenvalue weighted by Crippen LogP contribution is -2.40. The predicted octanol–water partition coefficient (Wildman–Crippen LogP) is 4.20. The first-order valence-electron chi connectivity index (χ1n) is 10.1. The fourth-order valence-electron chi connectivity index (χ4n) is 3.44. The number of hydrogen-bond acceptors (Lipinski definition) is 3. The van der Waals surface area contributed by atoms with E-state index in [-0.39, 0.29) is 23.4 Å². The van der Waals surface area contributed by atoms with Crippen LogP contribution < -0.4 is 10.3 Å². The van der Waals surface area contributed by atoms with Crippen molar-refractivity contribution >= 4 is 16.8 Å². The second-order valence-corrected chi connectivity index (χ2v) is 8.86. The Morgan fingerprint density at radius 3 is 2.43 bits per heavy atom. The molecule has 1 amide bonds. The van der Waals surface area contributed by atoms with Gasteiger partial charge in [0.05, 0.1) is 12.6 Å². The highest BCUT2D eigenvalue weighted by Crippen LogP contribution is 2.25. The highest BCUT2D eigenvalue weighted by Gasteiger charge is 2.23. The average Bonchev–Trinajstić information content (AvgIpc) is 2.61. The Bertz CT molecular complexity index is 891. The summed E-state index contributed by atoms with van der Waals surface area (Å²) in [6.45, 7) is 13.8. The van der Waals surface area contributed by atoms with E-state index in [1.165, 1.54) is 0 Å². The number of benzene rings is 1. The van der Waals surface area contributed by atoms with E-state index in [2.05, 4.69) is 20.8 Å². The first kappa shape index (κ1) is 22.0. The molecule has 1 heterocycles. The monoisotopic (exact) mass is 386 g/mol. The minimum atomic E-state index is -0.308. The standard InChI is InChI=1S/C23H34N2O3/c1-8-11-24(14-16(2)3)21(26)15-25-20-13-18(28-7)10-9-17(20)12-19(22(25)27)23(4,5)6/h9-10,12-13,16H,8,11,14-15H2,1-7H3. The van der Waals surface area contributed by atoms with E-state index >= 15 is 0 Å². The predicted molar refractivity (Wildman–Crippen MR) is 115 cm³/mol. The molecule has 0 N–H and O–H groups in total. The summed E-state index contributed by atoms with van der Waals surface area (Å²) in [6.07, 6.45) is 0.893. The highest BCUT2D eigenvalue weighted by molar-refractivity contribution is 5.84. The van der Waals surface area contributed by atoms with Crippen molar-refractivity contribution in [2.45, 2.75) is 59.9 Å². The summed E-state index contributed by atoms with van der Waals surface area (Å²) in [7, 11) is 1.60. The molecule has 0 aliphatic heterocycles. The van der Waals surface area contributed by atoms with Crippen molar-refractivity contribution in [2.24, 2.45) is 5.92 Å². The van der Waals surface area contributed by atoms with Crippen molar-refractivity contribution in [1.82, 2.24) is 9.47 Å². The van der Waals surface area contributed by atoms with Crippen LogP contribution >= 0.6 is 0 Å². The summed E-state index contributed by atoms with van der Waals surface area (Å²) < 4.78 is 6.96. The summed E-state index contributed by atoms with van der Waals surface area (Å²) in [5, 5.41) is 0.934. The maximum Gasteiger partial charge on any atom is 0.255 e. The van der Waals surface area contributed by atoms with Gasteiger partial charge in [-0.25, -0.2) is 0 Å². The fourth-order valence-corrected chi connectivity index (χ4v) is 3.44. The van der Waals surface area contributed by atoms with Crippen LogP contribution in [0.5, 0.6) is 5.75 Å². The number of carbonyl (C=O) groups excluding carboxylic acids is 1. The number of ether oxygens (including phenoxy) is 1. The third-order valence-corrected chi connectivity index (χ3v) is 4.84. The molecule has 0 bridgehead atoms. The van der Waals surface area contributed by atoms with E-state index in [9.17, 15) is 9.59 Å². The Kier molecular flexibility index (Phi) is 6.91. The maximum absolute atomic E-state index is 13.3. The van der Waals surface area contributed by atoms with Gasteiger partial charge in [0.2, 0.25) is 5.91 Å². The Hall–Kier alpha value is -2.30. The molecular weight excluding hydrogens is 352 g/mol. The molecule has 0 aliphatic carbocycles. The lowest BCUT2D eigenvalue weighted by Gasteiger charge is -2.26. The number of aromatic nitrogens is 1. The first-order chi connectivity index (χ1) is 13.1. The number of amides is 1. The van der Waals surface area contributed by atoms with Crippen molar-refractivity contribution in [1.29, 1.82) is 0 Å². The van der Waals surface area contributed by atoms with Crippen LogP contribution in [-0.4, -0.2) is 35.6 Å². The maximum atomic E-state index is 13.3. The van der Waals surface area contributed by atoms with Crippen LogP contribution in [-0.2, 0) is 16.8 Å². The van der Waals surface area contributed by atoms with Gasteiger partial charge < -0.3 is 9.64 Å². The topological polar surface area (TPSA) is 51.5 Å². The third-order valence-electron chi connectivity index (χ3n) is 4.84. The first-order valence-corrected chi connectivity index (χ1v) is 10.1. The zero-order valence-electron chi connectivity index (χ0n) is 18.3. The number of fused-ring (bicyclic) bond motifs is 1. The molecule has 0 saturated carbocycles. The number of pyridine rings is 1. The molecular formula is C23H34N2O3. The van der Waals surface area contributed by atoms with Crippen LogP contribution in [0.3, 0.4) is 0 Å². The zero-order chi connectivity index (χ0) is 21.1. The van der Waals surface area contributed by atoms with Gasteiger partial charge in [-0.05, 0) is 41.3 Å². The van der Waals surface area contributed by atoms with Gasteiger partial charge in [-0.15, -0.1) is 0 Å². The zero-order valence-corrected chi connectivity index (χ0v) is 18.3. The van der Waals surface area contributed by atoms with Gasteiger partial charge >= 0.3 is 0 Å². The van der Waals surface area contributed by atoms with E-state index in [1.54, 1.807) is 11.7 Å². The Labute approximate surface area is 168 Å². The Morgan fingerprint density at radius 2 is 1.89 bits per heavy atom. The summed E-state index contributed by atoms with van der Waals surface area (Å²) in [5.74, 6) is 1.03. The van der Waals surface area contributed by atoms with Crippen molar-refractivity contribution in [2.75, 3.05) is 20.2 Å². The normalized spacial score (nSPS) is 11.9. The smallest absolute Gasteiger partial charge is 0.255 e. The van der Waals surface area contributed by atoms with Crippen LogP contribution in [0.1, 0.15) is 53.5 Å². The molecule has 0 unspecified atom stereocenters. The number of hydrogen-bond donors (Lipinski definition) is 0. The van der Waals surface area contributed by atoms with Gasteiger partial charge in [-0.1, -0.05) is 41.5 Å². The molecule has 5 nitrogen and oxygen atoms in total. The van der Waals surface area contributed by atoms with Crippen molar-refractivity contribution in [3.05, 3.63) is 40.2 Å². The number of methoxy groups -OCH3 is 1. The van der Waals surface area contributed by atoms with E-state index in [1.807, 2.05) is 49.9 Å². The van der Waals surface area contributed by atoms with Crippen molar-refractivity contribution in [3.8, 4) is 5.75 Å². The van der Waals surface area contributed by atoms with E-state index in [4.69, 9.17) is 4.74 Å². The van der Waals surface area contributed by atoms with E-state index < -0.39 is 0 Å². The molecule has 2 rings (SSSR count). The van der Waals surface area contributed by atoms with E-state index in [0.717, 1.165) is 17.3 Å². The second kappa shape index (κ2) is 8.80. The van der Waals surface area contributed by atoms with Gasteiger partial charge in [0.15, 0.2) is 0 Å². The van der Waals surface area contributed by atoms with Gasteiger partial charge in [-0.3, -0.25) is 14.2 Å². The lowest BCUT2D eigenvalue weighted by atomic mass is 9.87. The number of carbonyl (C=O) groups is 1. The van der Waals surface area contributed by atoms with Crippen molar-refractivity contribution in [3.63, 3.8) is 0 Å².